The molecule has 0 radical (unpaired) electrons. The van der Waals surface area contributed by atoms with Crippen LogP contribution in [0.4, 0.5) is 18.9 Å². The molecule has 2 aromatic rings. The van der Waals surface area contributed by atoms with E-state index in [1.165, 1.54) is 33.5 Å². The van der Waals surface area contributed by atoms with Crippen molar-refractivity contribution in [1.29, 1.82) is 0 Å². The summed E-state index contributed by atoms with van der Waals surface area (Å²) in [4.78, 5) is 26.2. The molecule has 0 aromatic heterocycles. The van der Waals surface area contributed by atoms with Gasteiger partial charge in [0.2, 0.25) is 21.8 Å². The zero-order chi connectivity index (χ0) is 24.1. The van der Waals surface area contributed by atoms with Gasteiger partial charge in [-0.2, -0.15) is 4.31 Å². The SMILES string of the molecule is O=C(CCC(=O)N1CCN(S(=O)(=O)c2ccccc2)CC1)Nc1cccc(OC(F)(F)F)c1. The number of rotatable bonds is 7. The predicted molar refractivity (Wildman–Crippen MR) is 113 cm³/mol. The number of anilines is 1. The highest BCUT2D eigenvalue weighted by Crippen LogP contribution is 2.25. The smallest absolute Gasteiger partial charge is 0.406 e. The number of ether oxygens (including phenoxy) is 1. The van der Waals surface area contributed by atoms with Crippen LogP contribution in [-0.2, 0) is 19.6 Å². The second kappa shape index (κ2) is 10.2. The van der Waals surface area contributed by atoms with Gasteiger partial charge in [0.25, 0.3) is 0 Å². The summed E-state index contributed by atoms with van der Waals surface area (Å²) in [5.74, 6) is -1.33. The Labute approximate surface area is 189 Å². The van der Waals surface area contributed by atoms with Gasteiger partial charge in [0.1, 0.15) is 5.75 Å². The van der Waals surface area contributed by atoms with Crippen LogP contribution in [0.3, 0.4) is 0 Å². The molecule has 0 unspecified atom stereocenters. The molecular formula is C21H22F3N3O5S. The van der Waals surface area contributed by atoms with Crippen LogP contribution in [0.2, 0.25) is 0 Å². The second-order valence-corrected chi connectivity index (χ2v) is 9.16. The Bertz CT molecular complexity index is 1090. The highest BCUT2D eigenvalue weighted by Gasteiger charge is 2.31. The molecular weight excluding hydrogens is 463 g/mol. The molecule has 1 aliphatic heterocycles. The van der Waals surface area contributed by atoms with Crippen LogP contribution in [0, 0.1) is 0 Å². The van der Waals surface area contributed by atoms with Crippen LogP contribution in [0.1, 0.15) is 12.8 Å². The van der Waals surface area contributed by atoms with E-state index in [0.29, 0.717) is 0 Å². The summed E-state index contributed by atoms with van der Waals surface area (Å²) in [6, 6.07) is 12.8. The number of nitrogens with one attached hydrogen (secondary N) is 1. The molecule has 0 aliphatic carbocycles. The van der Waals surface area contributed by atoms with E-state index < -0.39 is 28.0 Å². The average Bonchev–Trinajstić information content (AvgIpc) is 2.77. The molecule has 33 heavy (non-hydrogen) atoms. The molecule has 1 N–H and O–H groups in total. The van der Waals surface area contributed by atoms with Gasteiger partial charge in [-0.25, -0.2) is 8.42 Å². The van der Waals surface area contributed by atoms with Crippen LogP contribution in [0.25, 0.3) is 0 Å². The zero-order valence-corrected chi connectivity index (χ0v) is 18.2. The summed E-state index contributed by atoms with van der Waals surface area (Å²) < 4.78 is 67.3. The fourth-order valence-electron chi connectivity index (χ4n) is 3.29. The highest BCUT2D eigenvalue weighted by molar-refractivity contribution is 7.89. The Kier molecular flexibility index (Phi) is 7.59. The molecule has 1 saturated heterocycles. The first-order valence-corrected chi connectivity index (χ1v) is 11.5. The van der Waals surface area contributed by atoms with Crippen LogP contribution in [0.15, 0.2) is 59.5 Å². The number of amides is 2. The van der Waals surface area contributed by atoms with Gasteiger partial charge in [0, 0.05) is 50.8 Å². The number of hydrogen-bond acceptors (Lipinski definition) is 5. The molecule has 0 saturated carbocycles. The summed E-state index contributed by atoms with van der Waals surface area (Å²) >= 11 is 0. The number of piperazine rings is 1. The van der Waals surface area contributed by atoms with Crippen molar-refractivity contribution in [3.63, 3.8) is 0 Å². The summed E-state index contributed by atoms with van der Waals surface area (Å²) in [6.07, 6.45) is -5.14. The van der Waals surface area contributed by atoms with E-state index >= 15 is 0 Å². The number of sulfonamides is 1. The van der Waals surface area contributed by atoms with E-state index in [4.69, 9.17) is 0 Å². The molecule has 0 spiro atoms. The van der Waals surface area contributed by atoms with Crippen LogP contribution in [-0.4, -0.2) is 62.0 Å². The fraction of sp³-hybridized carbons (Fsp3) is 0.333. The van der Waals surface area contributed by atoms with E-state index in [2.05, 4.69) is 10.1 Å². The summed E-state index contributed by atoms with van der Waals surface area (Å²) in [7, 11) is -3.64. The number of hydrogen-bond donors (Lipinski definition) is 1. The molecule has 178 valence electrons. The third kappa shape index (κ3) is 6.93. The number of nitrogens with zero attached hydrogens (tertiary/aromatic N) is 2. The van der Waals surface area contributed by atoms with E-state index in [1.54, 1.807) is 18.2 Å². The lowest BCUT2D eigenvalue weighted by Gasteiger charge is -2.34. The largest absolute Gasteiger partial charge is 0.573 e. The van der Waals surface area contributed by atoms with Crippen molar-refractivity contribution < 1.29 is 35.9 Å². The Morgan fingerprint density at radius 2 is 1.61 bits per heavy atom. The maximum absolute atomic E-state index is 12.7. The quantitative estimate of drug-likeness (QED) is 0.651. The van der Waals surface area contributed by atoms with Crippen molar-refractivity contribution in [3.8, 4) is 5.75 Å². The van der Waals surface area contributed by atoms with Gasteiger partial charge >= 0.3 is 6.36 Å². The van der Waals surface area contributed by atoms with Crippen molar-refractivity contribution >= 4 is 27.5 Å². The molecule has 1 heterocycles. The van der Waals surface area contributed by atoms with Gasteiger partial charge in [0.05, 0.1) is 4.90 Å². The molecule has 1 fully saturated rings. The lowest BCUT2D eigenvalue weighted by molar-refractivity contribution is -0.274. The molecule has 12 heteroatoms. The molecule has 1 aliphatic rings. The highest BCUT2D eigenvalue weighted by atomic mass is 32.2. The fourth-order valence-corrected chi connectivity index (χ4v) is 4.74. The molecule has 8 nitrogen and oxygen atoms in total. The molecule has 2 aromatic carbocycles. The topological polar surface area (TPSA) is 96.0 Å². The third-order valence-electron chi connectivity index (χ3n) is 4.89. The predicted octanol–water partition coefficient (Wildman–Crippen LogP) is 2.84. The van der Waals surface area contributed by atoms with Crippen LogP contribution in [0.5, 0.6) is 5.75 Å². The Morgan fingerprint density at radius 1 is 0.939 bits per heavy atom. The second-order valence-electron chi connectivity index (χ2n) is 7.22. The van der Waals surface area contributed by atoms with Crippen molar-refractivity contribution in [2.75, 3.05) is 31.5 Å². The maximum Gasteiger partial charge on any atom is 0.573 e. The average molecular weight is 485 g/mol. The first kappa shape index (κ1) is 24.5. The van der Waals surface area contributed by atoms with E-state index in [0.717, 1.165) is 12.1 Å². The number of alkyl halides is 3. The van der Waals surface area contributed by atoms with Gasteiger partial charge in [-0.1, -0.05) is 24.3 Å². The lowest BCUT2D eigenvalue weighted by atomic mass is 10.2. The number of benzene rings is 2. The molecule has 2 amide bonds. The molecule has 0 bridgehead atoms. The van der Waals surface area contributed by atoms with Gasteiger partial charge in [-0.05, 0) is 24.3 Å². The van der Waals surface area contributed by atoms with E-state index in [1.807, 2.05) is 0 Å². The van der Waals surface area contributed by atoms with Crippen molar-refractivity contribution in [1.82, 2.24) is 9.21 Å². The van der Waals surface area contributed by atoms with E-state index in [9.17, 15) is 31.2 Å². The van der Waals surface area contributed by atoms with Gasteiger partial charge in [-0.3, -0.25) is 9.59 Å². The minimum atomic E-state index is -4.85. The first-order chi connectivity index (χ1) is 15.5. The van der Waals surface area contributed by atoms with Gasteiger partial charge in [0.15, 0.2) is 0 Å². The number of carbonyl (C=O) groups excluding carboxylic acids is 2. The van der Waals surface area contributed by atoms with Crippen LogP contribution >= 0.6 is 0 Å². The zero-order valence-electron chi connectivity index (χ0n) is 17.4. The third-order valence-corrected chi connectivity index (χ3v) is 6.80. The minimum Gasteiger partial charge on any atom is -0.406 e. The number of halogens is 3. The maximum atomic E-state index is 12.7. The summed E-state index contributed by atoms with van der Waals surface area (Å²) in [5, 5.41) is 2.43. The van der Waals surface area contributed by atoms with Gasteiger partial charge < -0.3 is 15.0 Å². The van der Waals surface area contributed by atoms with Crippen molar-refractivity contribution in [2.24, 2.45) is 0 Å². The van der Waals surface area contributed by atoms with Crippen LogP contribution < -0.4 is 10.1 Å². The standard InChI is InChI=1S/C21H22F3N3O5S/c22-21(23,24)32-17-6-4-5-16(15-17)25-19(28)9-10-20(29)26-11-13-27(14-12-26)33(30,31)18-7-2-1-3-8-18/h1-8,15H,9-14H2,(H,25,28). The van der Waals surface area contributed by atoms with Crippen molar-refractivity contribution in [3.05, 3.63) is 54.6 Å². The van der Waals surface area contributed by atoms with Crippen molar-refractivity contribution in [2.45, 2.75) is 24.1 Å². The monoisotopic (exact) mass is 485 g/mol. The molecule has 3 rings (SSSR count). The van der Waals surface area contributed by atoms with Gasteiger partial charge in [-0.15, -0.1) is 13.2 Å². The van der Waals surface area contributed by atoms with E-state index in [-0.39, 0.29) is 55.5 Å². The Balaban J connectivity index is 1.46. The normalized spacial score (nSPS) is 15.2. The number of carbonyl (C=O) groups is 2. The summed E-state index contributed by atoms with van der Waals surface area (Å²) in [5.41, 5.74) is 0.105. The first-order valence-electron chi connectivity index (χ1n) is 10.0. The minimum absolute atomic E-state index is 0.105. The summed E-state index contributed by atoms with van der Waals surface area (Å²) in [6.45, 7) is 0.676. The Hall–Kier alpha value is -3.12. The lowest BCUT2D eigenvalue weighted by Crippen LogP contribution is -2.50. The molecule has 0 atom stereocenters. The Morgan fingerprint density at radius 3 is 2.24 bits per heavy atom.